The molecular weight excluding hydrogens is 565 g/mol. The number of aryl methyl sites for hydroxylation is 2. The molecule has 13 heteroatoms. The Morgan fingerprint density at radius 2 is 1.86 bits per heavy atom. The van der Waals surface area contributed by atoms with Gasteiger partial charge in [-0.05, 0) is 45.6 Å². The van der Waals surface area contributed by atoms with E-state index in [9.17, 15) is 18.4 Å². The van der Waals surface area contributed by atoms with E-state index in [0.29, 0.717) is 35.5 Å². The van der Waals surface area contributed by atoms with Crippen LogP contribution in [0.15, 0.2) is 35.2 Å². The minimum absolute atomic E-state index is 0.0513. The highest BCUT2D eigenvalue weighted by molar-refractivity contribution is 6.02. The van der Waals surface area contributed by atoms with E-state index in [1.54, 1.807) is 13.8 Å². The molecule has 0 bridgehead atoms. The molecule has 4 aromatic rings. The zero-order valence-corrected chi connectivity index (χ0v) is 23.3. The largest absolute Gasteiger partial charge is 0.493 e. The Morgan fingerprint density at radius 1 is 1.09 bits per heavy atom. The van der Waals surface area contributed by atoms with Crippen LogP contribution in [-0.4, -0.2) is 44.8 Å². The third-order valence-corrected chi connectivity index (χ3v) is 8.64. The molecule has 1 spiro atoms. The lowest BCUT2D eigenvalue weighted by Crippen LogP contribution is -2.52. The van der Waals surface area contributed by atoms with Crippen molar-refractivity contribution >= 4 is 17.5 Å². The first kappa shape index (κ1) is 27.2. The van der Waals surface area contributed by atoms with E-state index in [4.69, 9.17) is 9.26 Å². The molecule has 2 aliphatic carbocycles. The fourth-order valence-electron chi connectivity index (χ4n) is 6.10. The van der Waals surface area contributed by atoms with Gasteiger partial charge < -0.3 is 19.9 Å². The summed E-state index contributed by atoms with van der Waals surface area (Å²) in [6, 6.07) is 1.83. The van der Waals surface area contributed by atoms with E-state index >= 15 is 4.39 Å². The number of halogens is 3. The summed E-state index contributed by atoms with van der Waals surface area (Å²) in [6.07, 6.45) is 5.56. The summed E-state index contributed by atoms with van der Waals surface area (Å²) in [5.41, 5.74) is 2.22. The van der Waals surface area contributed by atoms with Gasteiger partial charge in [0.1, 0.15) is 29.3 Å². The zero-order valence-electron chi connectivity index (χ0n) is 23.3. The summed E-state index contributed by atoms with van der Waals surface area (Å²) in [7, 11) is 0. The van der Waals surface area contributed by atoms with E-state index in [1.807, 2.05) is 0 Å². The fourth-order valence-corrected chi connectivity index (χ4v) is 6.10. The standard InChI is InChI=1S/C30H27F3N6O4/c1-13-23(14(2)38-37-13)26-21(33)7-16(10-34-26)35-29(41)27(36-28(40)18-11-43-39-25(18)15-3-4-15)24-17-8-19(31)20(32)9-22(17)42-12-30(24)5-6-30/h7-11,15,24,27H,3-6,12H2,1-2H3,(H,35,41)(H,36,40)(H,37,38)/t24?,27-/m0/s1. The number of fused-ring (bicyclic) bond motifs is 1. The molecule has 4 heterocycles. The van der Waals surface area contributed by atoms with Gasteiger partial charge in [-0.1, -0.05) is 5.16 Å². The Hall–Kier alpha value is -4.68. The van der Waals surface area contributed by atoms with Crippen LogP contribution < -0.4 is 15.4 Å². The smallest absolute Gasteiger partial charge is 0.257 e. The lowest BCUT2D eigenvalue weighted by Gasteiger charge is -2.38. The van der Waals surface area contributed by atoms with Gasteiger partial charge in [0.05, 0.1) is 29.9 Å². The van der Waals surface area contributed by atoms with Crippen molar-refractivity contribution in [2.45, 2.75) is 57.4 Å². The Morgan fingerprint density at radius 3 is 2.53 bits per heavy atom. The topological polar surface area (TPSA) is 135 Å². The molecule has 0 radical (unpaired) electrons. The van der Waals surface area contributed by atoms with Crippen LogP contribution in [0.25, 0.3) is 11.3 Å². The first-order valence-electron chi connectivity index (χ1n) is 14.0. The molecule has 3 N–H and O–H groups in total. The maximum atomic E-state index is 15.3. The molecule has 10 nitrogen and oxygen atoms in total. The van der Waals surface area contributed by atoms with Gasteiger partial charge in [-0.3, -0.25) is 19.7 Å². The third-order valence-electron chi connectivity index (χ3n) is 8.64. The van der Waals surface area contributed by atoms with Gasteiger partial charge in [-0.25, -0.2) is 13.2 Å². The van der Waals surface area contributed by atoms with Crippen LogP contribution in [0.4, 0.5) is 18.9 Å². The number of carbonyl (C=O) groups is 2. The number of carbonyl (C=O) groups excluding carboxylic acids is 2. The number of nitrogens with one attached hydrogen (secondary N) is 3. The van der Waals surface area contributed by atoms with Gasteiger partial charge in [0, 0.05) is 46.2 Å². The first-order chi connectivity index (χ1) is 20.6. The van der Waals surface area contributed by atoms with Gasteiger partial charge >= 0.3 is 0 Å². The lowest BCUT2D eigenvalue weighted by atomic mass is 9.75. The number of benzene rings is 1. The van der Waals surface area contributed by atoms with E-state index in [2.05, 4.69) is 31.0 Å². The second-order valence-electron chi connectivity index (χ2n) is 11.6. The quantitative estimate of drug-likeness (QED) is 0.273. The number of aromatic nitrogens is 4. The minimum Gasteiger partial charge on any atom is -0.493 e. The Kier molecular flexibility index (Phi) is 6.29. The van der Waals surface area contributed by atoms with Gasteiger partial charge in [0.2, 0.25) is 5.91 Å². The molecule has 2 fully saturated rings. The number of H-pyrrole nitrogens is 1. The lowest BCUT2D eigenvalue weighted by molar-refractivity contribution is -0.119. The molecule has 1 aliphatic heterocycles. The van der Waals surface area contributed by atoms with Gasteiger partial charge in [-0.2, -0.15) is 5.10 Å². The van der Waals surface area contributed by atoms with Crippen molar-refractivity contribution in [3.8, 4) is 17.0 Å². The third kappa shape index (κ3) is 4.72. The molecule has 43 heavy (non-hydrogen) atoms. The van der Waals surface area contributed by atoms with Crippen LogP contribution in [0, 0.1) is 36.7 Å². The molecule has 7 rings (SSSR count). The van der Waals surface area contributed by atoms with Crippen molar-refractivity contribution < 1.29 is 32.0 Å². The Bertz CT molecular complexity index is 1760. The monoisotopic (exact) mass is 592 g/mol. The molecule has 1 aromatic carbocycles. The number of pyridine rings is 1. The summed E-state index contributed by atoms with van der Waals surface area (Å²) < 4.78 is 54.9. The average molecular weight is 593 g/mol. The van der Waals surface area contributed by atoms with E-state index in [1.165, 1.54) is 12.5 Å². The SMILES string of the molecule is Cc1n[nH]c(C)c1-c1ncc(NC(=O)[C@@H](NC(=O)c2conc2C2CC2)C2c3cc(F)c(F)cc3OCC23CC3)cc1F. The summed E-state index contributed by atoms with van der Waals surface area (Å²) in [5.74, 6) is -4.73. The predicted molar refractivity (Wildman–Crippen MR) is 146 cm³/mol. The number of rotatable bonds is 7. The van der Waals surface area contributed by atoms with Crippen LogP contribution in [0.2, 0.25) is 0 Å². The maximum Gasteiger partial charge on any atom is 0.257 e. The molecule has 3 aromatic heterocycles. The number of nitrogens with zero attached hydrogens (tertiary/aromatic N) is 3. The van der Waals surface area contributed by atoms with Crippen molar-refractivity contribution in [3.05, 3.63) is 76.3 Å². The fraction of sp³-hybridized carbons (Fsp3) is 0.367. The Labute approximate surface area is 243 Å². The number of amides is 2. The summed E-state index contributed by atoms with van der Waals surface area (Å²) in [6.45, 7) is 3.63. The van der Waals surface area contributed by atoms with Crippen molar-refractivity contribution in [3.63, 3.8) is 0 Å². The maximum absolute atomic E-state index is 15.3. The van der Waals surface area contributed by atoms with Crippen LogP contribution in [0.3, 0.4) is 0 Å². The van der Waals surface area contributed by atoms with Gasteiger partial charge in [0.15, 0.2) is 17.5 Å². The first-order valence-corrected chi connectivity index (χ1v) is 14.0. The summed E-state index contributed by atoms with van der Waals surface area (Å²) >= 11 is 0. The number of ether oxygens (including phenoxy) is 1. The number of hydrogen-bond donors (Lipinski definition) is 3. The van der Waals surface area contributed by atoms with Crippen LogP contribution >= 0.6 is 0 Å². The average Bonchev–Trinajstić information content (AvgIpc) is 3.89. The van der Waals surface area contributed by atoms with Crippen molar-refractivity contribution in [1.29, 1.82) is 0 Å². The van der Waals surface area contributed by atoms with Gasteiger partial charge in [-0.15, -0.1) is 0 Å². The number of hydrogen-bond acceptors (Lipinski definition) is 7. The van der Waals surface area contributed by atoms with Crippen LogP contribution in [0.5, 0.6) is 5.75 Å². The Balaban J connectivity index is 1.25. The minimum atomic E-state index is -1.27. The molecule has 3 aliphatic rings. The zero-order chi connectivity index (χ0) is 30.0. The molecule has 222 valence electrons. The van der Waals surface area contributed by atoms with Crippen molar-refractivity contribution in [2.75, 3.05) is 11.9 Å². The van der Waals surface area contributed by atoms with Crippen LogP contribution in [0.1, 0.15) is 70.5 Å². The normalized spacial score (nSPS) is 19.0. The second kappa shape index (κ2) is 9.96. The predicted octanol–water partition coefficient (Wildman–Crippen LogP) is 5.06. The summed E-state index contributed by atoms with van der Waals surface area (Å²) in [4.78, 5) is 31.8. The molecule has 0 saturated heterocycles. The van der Waals surface area contributed by atoms with E-state index < -0.39 is 46.6 Å². The molecule has 2 atom stereocenters. The highest BCUT2D eigenvalue weighted by Crippen LogP contribution is 2.61. The highest BCUT2D eigenvalue weighted by Gasteiger charge is 2.58. The number of anilines is 1. The molecular formula is C30H27F3N6O4. The number of aromatic amines is 1. The molecule has 2 amide bonds. The van der Waals surface area contributed by atoms with Crippen LogP contribution in [-0.2, 0) is 4.79 Å². The van der Waals surface area contributed by atoms with Crippen molar-refractivity contribution in [1.82, 2.24) is 25.7 Å². The highest BCUT2D eigenvalue weighted by atomic mass is 19.2. The van der Waals surface area contributed by atoms with E-state index in [0.717, 1.165) is 31.0 Å². The summed E-state index contributed by atoms with van der Waals surface area (Å²) in [5, 5.41) is 16.4. The molecule has 2 saturated carbocycles. The molecule has 1 unspecified atom stereocenters. The van der Waals surface area contributed by atoms with Gasteiger partial charge in [0.25, 0.3) is 5.91 Å². The van der Waals surface area contributed by atoms with Crippen molar-refractivity contribution in [2.24, 2.45) is 5.41 Å². The van der Waals surface area contributed by atoms with E-state index in [-0.39, 0.29) is 40.8 Å². The second-order valence-corrected chi connectivity index (χ2v) is 11.6.